The Morgan fingerprint density at radius 2 is 1.63 bits per heavy atom. The lowest BCUT2D eigenvalue weighted by molar-refractivity contribution is 0.0698. The minimum Gasteiger partial charge on any atom is -0.478 e. The van der Waals surface area contributed by atoms with Crippen molar-refractivity contribution in [1.82, 2.24) is 4.98 Å². The molecule has 6 heteroatoms. The van der Waals surface area contributed by atoms with Crippen molar-refractivity contribution >= 4 is 28.5 Å². The Bertz CT molecular complexity index is 1320. The molecule has 0 saturated carbocycles. The van der Waals surface area contributed by atoms with Gasteiger partial charge in [-0.15, -0.1) is 0 Å². The number of para-hydroxylation sites is 1. The van der Waals surface area contributed by atoms with Crippen LogP contribution in [-0.2, 0) is 0 Å². The van der Waals surface area contributed by atoms with Crippen molar-refractivity contribution in [1.29, 1.82) is 5.26 Å². The van der Waals surface area contributed by atoms with Gasteiger partial charge in [0.15, 0.2) is 0 Å². The van der Waals surface area contributed by atoms with Gasteiger partial charge in [-0.05, 0) is 30.3 Å². The van der Waals surface area contributed by atoms with E-state index in [1.165, 1.54) is 18.2 Å². The Kier molecular flexibility index (Phi) is 4.93. The zero-order valence-corrected chi connectivity index (χ0v) is 15.7. The smallest absolute Gasteiger partial charge is 0.337 e. The summed E-state index contributed by atoms with van der Waals surface area (Å²) in [5.74, 6) is -1.69. The largest absolute Gasteiger partial charge is 0.478 e. The number of carbonyl (C=O) groups excluding carboxylic acids is 1. The minimum absolute atomic E-state index is 0.119. The van der Waals surface area contributed by atoms with Gasteiger partial charge in [-0.3, -0.25) is 4.79 Å². The molecule has 30 heavy (non-hydrogen) atoms. The zero-order chi connectivity index (χ0) is 21.1. The zero-order valence-electron chi connectivity index (χ0n) is 15.7. The number of hydrogen-bond acceptors (Lipinski definition) is 4. The number of nitrogens with zero attached hydrogens (tertiary/aromatic N) is 2. The van der Waals surface area contributed by atoms with Gasteiger partial charge in [0, 0.05) is 10.9 Å². The molecule has 1 aromatic heterocycles. The molecule has 6 nitrogen and oxygen atoms in total. The van der Waals surface area contributed by atoms with Gasteiger partial charge in [-0.2, -0.15) is 5.26 Å². The Hall–Kier alpha value is -4.50. The van der Waals surface area contributed by atoms with E-state index < -0.39 is 11.9 Å². The van der Waals surface area contributed by atoms with Gasteiger partial charge in [0.25, 0.3) is 5.91 Å². The second-order valence-electron chi connectivity index (χ2n) is 6.57. The number of nitriles is 1. The Labute approximate surface area is 172 Å². The standard InChI is InChI=1S/C24H15N3O3/c25-14-15-10-11-21(19(12-15)24(29)30)27-23(28)18-13-22(16-6-2-1-3-7-16)26-20-9-5-4-8-17(18)20/h1-13H,(H,27,28)(H,29,30). The second-order valence-corrected chi connectivity index (χ2v) is 6.57. The number of aromatic carboxylic acids is 1. The molecule has 0 atom stereocenters. The van der Waals surface area contributed by atoms with E-state index in [2.05, 4.69) is 10.3 Å². The maximum Gasteiger partial charge on any atom is 0.337 e. The average molecular weight is 393 g/mol. The van der Waals surface area contributed by atoms with Crippen LogP contribution in [0.4, 0.5) is 5.69 Å². The highest BCUT2D eigenvalue weighted by Crippen LogP contribution is 2.26. The van der Waals surface area contributed by atoms with Crippen LogP contribution < -0.4 is 5.32 Å². The SMILES string of the molecule is N#Cc1ccc(NC(=O)c2cc(-c3ccccc3)nc3ccccc23)c(C(=O)O)c1. The third-order valence-electron chi connectivity index (χ3n) is 4.66. The van der Waals surface area contributed by atoms with Gasteiger partial charge in [0.1, 0.15) is 0 Å². The number of pyridine rings is 1. The predicted octanol–water partition coefficient (Wildman–Crippen LogP) is 4.72. The number of aromatic nitrogens is 1. The molecular weight excluding hydrogens is 378 g/mol. The van der Waals surface area contributed by atoms with E-state index in [9.17, 15) is 14.7 Å². The van der Waals surface area contributed by atoms with Crippen LogP contribution in [0.5, 0.6) is 0 Å². The number of amides is 1. The van der Waals surface area contributed by atoms with Crippen LogP contribution in [0, 0.1) is 11.3 Å². The molecule has 0 radical (unpaired) electrons. The molecular formula is C24H15N3O3. The molecule has 0 bridgehead atoms. The highest BCUT2D eigenvalue weighted by atomic mass is 16.4. The number of hydrogen-bond donors (Lipinski definition) is 2. The molecule has 0 unspecified atom stereocenters. The van der Waals surface area contributed by atoms with Crippen LogP contribution in [0.2, 0.25) is 0 Å². The predicted molar refractivity (Wildman–Crippen MR) is 113 cm³/mol. The molecule has 0 fully saturated rings. The summed E-state index contributed by atoms with van der Waals surface area (Å²) in [4.78, 5) is 29.4. The molecule has 0 aliphatic heterocycles. The quantitative estimate of drug-likeness (QED) is 0.522. The molecule has 0 aliphatic carbocycles. The summed E-state index contributed by atoms with van der Waals surface area (Å²) in [5, 5.41) is 21.8. The van der Waals surface area contributed by atoms with Gasteiger partial charge < -0.3 is 10.4 Å². The summed E-state index contributed by atoms with van der Waals surface area (Å²) in [5.41, 5.74) is 2.70. The van der Waals surface area contributed by atoms with Crippen molar-refractivity contribution in [3.8, 4) is 17.3 Å². The molecule has 0 aliphatic rings. The fourth-order valence-corrected chi connectivity index (χ4v) is 3.21. The van der Waals surface area contributed by atoms with Gasteiger partial charge in [0.2, 0.25) is 0 Å². The third kappa shape index (κ3) is 3.60. The van der Waals surface area contributed by atoms with Crippen molar-refractivity contribution in [3.05, 3.63) is 95.6 Å². The third-order valence-corrected chi connectivity index (χ3v) is 4.66. The lowest BCUT2D eigenvalue weighted by Crippen LogP contribution is -2.16. The number of anilines is 1. The molecule has 144 valence electrons. The van der Waals surface area contributed by atoms with E-state index in [1.54, 1.807) is 12.1 Å². The number of carbonyl (C=O) groups is 2. The van der Waals surface area contributed by atoms with Gasteiger partial charge in [0.05, 0.1) is 39.7 Å². The van der Waals surface area contributed by atoms with Crippen LogP contribution >= 0.6 is 0 Å². The number of fused-ring (bicyclic) bond motifs is 1. The first-order valence-electron chi connectivity index (χ1n) is 9.11. The van der Waals surface area contributed by atoms with Crippen molar-refractivity contribution in [2.45, 2.75) is 0 Å². The summed E-state index contributed by atoms with van der Waals surface area (Å²) in [7, 11) is 0. The molecule has 1 amide bonds. The van der Waals surface area contributed by atoms with Crippen molar-refractivity contribution < 1.29 is 14.7 Å². The van der Waals surface area contributed by atoms with Crippen LogP contribution in [0.1, 0.15) is 26.3 Å². The minimum atomic E-state index is -1.23. The fraction of sp³-hybridized carbons (Fsp3) is 0. The molecule has 0 saturated heterocycles. The van der Waals surface area contributed by atoms with Crippen LogP contribution in [0.25, 0.3) is 22.2 Å². The van der Waals surface area contributed by atoms with Crippen LogP contribution in [0.3, 0.4) is 0 Å². The fourth-order valence-electron chi connectivity index (χ4n) is 3.21. The van der Waals surface area contributed by atoms with E-state index in [0.29, 0.717) is 22.2 Å². The number of carboxylic acids is 1. The summed E-state index contributed by atoms with van der Waals surface area (Å²) in [6.45, 7) is 0. The highest BCUT2D eigenvalue weighted by Gasteiger charge is 2.18. The monoisotopic (exact) mass is 393 g/mol. The van der Waals surface area contributed by atoms with Gasteiger partial charge >= 0.3 is 5.97 Å². The molecule has 4 aromatic rings. The Morgan fingerprint density at radius 3 is 2.37 bits per heavy atom. The topological polar surface area (TPSA) is 103 Å². The normalized spacial score (nSPS) is 10.4. The summed E-state index contributed by atoms with van der Waals surface area (Å²) in [6.07, 6.45) is 0. The van der Waals surface area contributed by atoms with E-state index >= 15 is 0 Å². The Balaban J connectivity index is 1.81. The maximum atomic E-state index is 13.1. The van der Waals surface area contributed by atoms with Crippen molar-refractivity contribution in [3.63, 3.8) is 0 Å². The number of rotatable bonds is 4. The van der Waals surface area contributed by atoms with E-state index in [1.807, 2.05) is 54.6 Å². The van der Waals surface area contributed by atoms with Crippen LogP contribution in [0.15, 0.2) is 78.9 Å². The molecule has 1 heterocycles. The van der Waals surface area contributed by atoms with Crippen molar-refractivity contribution in [2.24, 2.45) is 0 Å². The molecule has 0 spiro atoms. The summed E-state index contributed by atoms with van der Waals surface area (Å²) in [6, 6.07) is 24.5. The number of nitrogens with one attached hydrogen (secondary N) is 1. The van der Waals surface area contributed by atoms with Gasteiger partial charge in [-0.25, -0.2) is 9.78 Å². The first-order valence-corrected chi connectivity index (χ1v) is 9.11. The second kappa shape index (κ2) is 7.86. The first kappa shape index (κ1) is 18.8. The van der Waals surface area contributed by atoms with Crippen molar-refractivity contribution in [2.75, 3.05) is 5.32 Å². The summed E-state index contributed by atoms with van der Waals surface area (Å²) < 4.78 is 0. The molecule has 4 rings (SSSR count). The molecule has 2 N–H and O–H groups in total. The average Bonchev–Trinajstić information content (AvgIpc) is 2.79. The maximum absolute atomic E-state index is 13.1. The highest BCUT2D eigenvalue weighted by molar-refractivity contribution is 6.14. The summed E-state index contributed by atoms with van der Waals surface area (Å²) >= 11 is 0. The van der Waals surface area contributed by atoms with E-state index in [4.69, 9.17) is 5.26 Å². The molecule has 3 aromatic carbocycles. The van der Waals surface area contributed by atoms with Gasteiger partial charge in [-0.1, -0.05) is 48.5 Å². The van der Waals surface area contributed by atoms with E-state index in [0.717, 1.165) is 5.56 Å². The number of carboxylic acid groups (broad SMARTS) is 1. The number of benzene rings is 3. The van der Waals surface area contributed by atoms with Crippen LogP contribution in [-0.4, -0.2) is 22.0 Å². The lowest BCUT2D eigenvalue weighted by Gasteiger charge is -2.12. The Morgan fingerprint density at radius 1 is 0.900 bits per heavy atom. The first-order chi connectivity index (χ1) is 14.6. The lowest BCUT2D eigenvalue weighted by atomic mass is 10.0. The van der Waals surface area contributed by atoms with E-state index in [-0.39, 0.29) is 16.8 Å².